The summed E-state index contributed by atoms with van der Waals surface area (Å²) in [5.74, 6) is -0.656. The molecule has 3 aromatic rings. The van der Waals surface area contributed by atoms with E-state index in [0.717, 1.165) is 24.0 Å². The van der Waals surface area contributed by atoms with Crippen molar-refractivity contribution in [2.24, 2.45) is 0 Å². The molecule has 1 aliphatic rings. The van der Waals surface area contributed by atoms with Crippen LogP contribution in [0.2, 0.25) is 0 Å². The molecule has 0 aliphatic carbocycles. The van der Waals surface area contributed by atoms with Crippen molar-refractivity contribution in [3.63, 3.8) is 0 Å². The number of para-hydroxylation sites is 1. The van der Waals surface area contributed by atoms with Gasteiger partial charge in [-0.2, -0.15) is 5.26 Å². The maximum absolute atomic E-state index is 13.4. The number of carbonyl (C=O) groups is 1. The van der Waals surface area contributed by atoms with E-state index in [4.69, 9.17) is 9.72 Å². The maximum Gasteiger partial charge on any atom is 0.337 e. The molecular formula is C26H29N5O4. The number of carboxylic acid groups (broad SMARTS) is 1. The fourth-order valence-corrected chi connectivity index (χ4v) is 4.54. The smallest absolute Gasteiger partial charge is 0.337 e. The van der Waals surface area contributed by atoms with Gasteiger partial charge in [0.1, 0.15) is 11.7 Å². The third kappa shape index (κ3) is 4.57. The van der Waals surface area contributed by atoms with E-state index in [2.05, 4.69) is 18.3 Å². The minimum atomic E-state index is -1.03. The van der Waals surface area contributed by atoms with Gasteiger partial charge in [-0.1, -0.05) is 12.1 Å². The van der Waals surface area contributed by atoms with Crippen molar-refractivity contribution in [3.05, 3.63) is 69.1 Å². The van der Waals surface area contributed by atoms with Crippen LogP contribution < -0.4 is 15.8 Å². The Hall–Kier alpha value is -3.90. The number of nitriles is 1. The molecule has 1 saturated heterocycles. The van der Waals surface area contributed by atoms with Gasteiger partial charge < -0.3 is 20.1 Å². The van der Waals surface area contributed by atoms with E-state index in [9.17, 15) is 20.0 Å². The van der Waals surface area contributed by atoms with Crippen molar-refractivity contribution in [2.45, 2.75) is 45.3 Å². The van der Waals surface area contributed by atoms with Crippen molar-refractivity contribution < 1.29 is 14.6 Å². The summed E-state index contributed by atoms with van der Waals surface area (Å²) >= 11 is 0. The summed E-state index contributed by atoms with van der Waals surface area (Å²) in [4.78, 5) is 31.9. The predicted molar refractivity (Wildman–Crippen MR) is 133 cm³/mol. The highest BCUT2D eigenvalue weighted by molar-refractivity contribution is 5.94. The first-order chi connectivity index (χ1) is 16.7. The third-order valence-electron chi connectivity index (χ3n) is 6.79. The summed E-state index contributed by atoms with van der Waals surface area (Å²) in [5, 5.41) is 22.7. The fourth-order valence-electron chi connectivity index (χ4n) is 4.54. The molecule has 0 bridgehead atoms. The van der Waals surface area contributed by atoms with Gasteiger partial charge in [0, 0.05) is 37.6 Å². The highest BCUT2D eigenvalue weighted by Crippen LogP contribution is 2.30. The first kappa shape index (κ1) is 24.2. The molecule has 2 aromatic heterocycles. The standard InChI is InChI=1S/C26H29N5O4/c1-16-13-19(17(2)28-21-8-6-5-7-18(21)25(33)34)23-29-22(20(14-27)24(32)31(23)15-16)30-11-9-26(3,35-4)10-12-30/h5-8,13,15,17,28H,9-12H2,1-4H3,(H,33,34)/t17-/m1/s1. The quantitative estimate of drug-likeness (QED) is 0.553. The number of nitrogens with zero attached hydrogens (tertiary/aromatic N) is 4. The molecule has 4 rings (SSSR count). The van der Waals surface area contributed by atoms with E-state index in [1.54, 1.807) is 31.5 Å². The van der Waals surface area contributed by atoms with E-state index in [1.165, 1.54) is 10.5 Å². The Morgan fingerprint density at radius 1 is 1.31 bits per heavy atom. The molecule has 9 nitrogen and oxygen atoms in total. The minimum absolute atomic E-state index is 0.0110. The number of anilines is 2. The van der Waals surface area contributed by atoms with Crippen LogP contribution in [0.5, 0.6) is 0 Å². The van der Waals surface area contributed by atoms with Gasteiger partial charge >= 0.3 is 5.97 Å². The van der Waals surface area contributed by atoms with Gasteiger partial charge in [-0.05, 0) is 57.4 Å². The molecule has 3 heterocycles. The van der Waals surface area contributed by atoms with Crippen molar-refractivity contribution in [1.29, 1.82) is 5.26 Å². The van der Waals surface area contributed by atoms with Gasteiger partial charge in [0.25, 0.3) is 5.56 Å². The van der Waals surface area contributed by atoms with E-state index < -0.39 is 11.5 Å². The number of fused-ring (bicyclic) bond motifs is 1. The number of pyridine rings is 1. The summed E-state index contributed by atoms with van der Waals surface area (Å²) in [5.41, 5.74) is 1.96. The zero-order valence-electron chi connectivity index (χ0n) is 20.3. The van der Waals surface area contributed by atoms with Gasteiger partial charge in [-0.15, -0.1) is 0 Å². The lowest BCUT2D eigenvalue weighted by Crippen LogP contribution is -2.45. The molecule has 182 valence electrons. The number of hydrogen-bond donors (Lipinski definition) is 2. The largest absolute Gasteiger partial charge is 0.478 e. The number of hydrogen-bond acceptors (Lipinski definition) is 7. The predicted octanol–water partition coefficient (Wildman–Crippen LogP) is 3.75. The lowest BCUT2D eigenvalue weighted by molar-refractivity contribution is -0.0133. The molecule has 1 atom stereocenters. The monoisotopic (exact) mass is 475 g/mol. The molecule has 0 radical (unpaired) electrons. The average Bonchev–Trinajstić information content (AvgIpc) is 2.84. The molecule has 0 spiro atoms. The lowest BCUT2D eigenvalue weighted by atomic mass is 9.93. The number of aryl methyl sites for hydroxylation is 1. The first-order valence-electron chi connectivity index (χ1n) is 11.5. The summed E-state index contributed by atoms with van der Waals surface area (Å²) in [7, 11) is 1.70. The van der Waals surface area contributed by atoms with Crippen molar-refractivity contribution in [1.82, 2.24) is 9.38 Å². The Morgan fingerprint density at radius 2 is 2.00 bits per heavy atom. The molecule has 0 unspecified atom stereocenters. The molecule has 0 amide bonds. The first-order valence-corrected chi connectivity index (χ1v) is 11.5. The average molecular weight is 476 g/mol. The highest BCUT2D eigenvalue weighted by atomic mass is 16.5. The Bertz CT molecular complexity index is 1380. The van der Waals surface area contributed by atoms with Crippen LogP contribution in [0.15, 0.2) is 41.3 Å². The Labute approximate surface area is 203 Å². The number of nitrogens with one attached hydrogen (secondary N) is 1. The number of carboxylic acids is 1. The number of ether oxygens (including phenoxy) is 1. The van der Waals surface area contributed by atoms with Crippen LogP contribution in [0.25, 0.3) is 5.65 Å². The number of aromatic nitrogens is 2. The summed E-state index contributed by atoms with van der Waals surface area (Å²) in [6, 6.07) is 10.3. The number of benzene rings is 1. The van der Waals surface area contributed by atoms with E-state index >= 15 is 0 Å². The van der Waals surface area contributed by atoms with E-state index in [-0.39, 0.29) is 22.8 Å². The zero-order chi connectivity index (χ0) is 25.3. The van der Waals surface area contributed by atoms with Gasteiger partial charge in [0.15, 0.2) is 11.4 Å². The number of rotatable bonds is 6. The van der Waals surface area contributed by atoms with Crippen molar-refractivity contribution in [3.8, 4) is 6.07 Å². The fraction of sp³-hybridized carbons (Fsp3) is 0.385. The zero-order valence-corrected chi connectivity index (χ0v) is 20.3. The lowest BCUT2D eigenvalue weighted by Gasteiger charge is -2.39. The van der Waals surface area contributed by atoms with E-state index in [1.807, 2.05) is 24.8 Å². The summed E-state index contributed by atoms with van der Waals surface area (Å²) < 4.78 is 7.05. The minimum Gasteiger partial charge on any atom is -0.478 e. The topological polar surface area (TPSA) is 120 Å². The van der Waals surface area contributed by atoms with Crippen LogP contribution in [0, 0.1) is 18.3 Å². The van der Waals surface area contributed by atoms with Crippen LogP contribution >= 0.6 is 0 Å². The second-order valence-electron chi connectivity index (χ2n) is 9.25. The van der Waals surface area contributed by atoms with E-state index in [0.29, 0.717) is 30.2 Å². The van der Waals surface area contributed by atoms with Crippen LogP contribution in [-0.4, -0.2) is 46.3 Å². The SMILES string of the molecule is COC1(C)CCN(c2nc3c([C@@H](C)Nc4ccccc4C(=O)O)cc(C)cn3c(=O)c2C#N)CC1. The maximum atomic E-state index is 13.4. The Kier molecular flexibility index (Phi) is 6.50. The number of piperidine rings is 1. The van der Waals surface area contributed by atoms with Crippen LogP contribution in [-0.2, 0) is 4.74 Å². The number of methoxy groups -OCH3 is 1. The molecule has 35 heavy (non-hydrogen) atoms. The second kappa shape index (κ2) is 9.39. The van der Waals surface area contributed by atoms with Gasteiger partial charge in [-0.3, -0.25) is 9.20 Å². The van der Waals surface area contributed by atoms with Gasteiger partial charge in [0.2, 0.25) is 0 Å². The Morgan fingerprint density at radius 3 is 2.63 bits per heavy atom. The molecule has 1 fully saturated rings. The van der Waals surface area contributed by atoms with Crippen LogP contribution in [0.4, 0.5) is 11.5 Å². The van der Waals surface area contributed by atoms with Crippen LogP contribution in [0.1, 0.15) is 59.8 Å². The highest BCUT2D eigenvalue weighted by Gasteiger charge is 2.32. The normalized spacial score (nSPS) is 16.0. The molecule has 1 aromatic carbocycles. The second-order valence-corrected chi connectivity index (χ2v) is 9.25. The molecule has 2 N–H and O–H groups in total. The molecular weight excluding hydrogens is 446 g/mol. The third-order valence-corrected chi connectivity index (χ3v) is 6.79. The van der Waals surface area contributed by atoms with Crippen molar-refractivity contribution in [2.75, 3.05) is 30.4 Å². The molecule has 9 heteroatoms. The molecule has 1 aliphatic heterocycles. The van der Waals surface area contributed by atoms with Crippen molar-refractivity contribution >= 4 is 23.1 Å². The van der Waals surface area contributed by atoms with Gasteiger partial charge in [0.05, 0.1) is 17.2 Å². The summed E-state index contributed by atoms with van der Waals surface area (Å²) in [6.07, 6.45) is 3.18. The Balaban J connectivity index is 1.81. The number of aromatic carboxylic acids is 1. The van der Waals surface area contributed by atoms with Gasteiger partial charge in [-0.25, -0.2) is 9.78 Å². The molecule has 0 saturated carbocycles. The van der Waals surface area contributed by atoms with Crippen LogP contribution in [0.3, 0.4) is 0 Å². The summed E-state index contributed by atoms with van der Waals surface area (Å²) in [6.45, 7) is 7.04.